The molecule has 44 heavy (non-hydrogen) atoms. The zero-order chi connectivity index (χ0) is 31.8. The van der Waals surface area contributed by atoms with Crippen LogP contribution in [0, 0.1) is 34.6 Å². The van der Waals surface area contributed by atoms with E-state index in [1.807, 2.05) is 46.8 Å². The summed E-state index contributed by atoms with van der Waals surface area (Å²) in [7, 11) is 0. The zero-order valence-corrected chi connectivity index (χ0v) is 26.0. The molecule has 2 aromatic carbocycles. The van der Waals surface area contributed by atoms with Gasteiger partial charge in [0.2, 0.25) is 0 Å². The summed E-state index contributed by atoms with van der Waals surface area (Å²) in [6, 6.07) is 12.3. The summed E-state index contributed by atoms with van der Waals surface area (Å²) in [5.74, 6) is 2.94. The standard InChI is InChI=1S/C25H25N3O6.C8H13NO/c1-15-4-7-19(8-5-15)33-25(31)28(14-24(29)30)13-18-6-10-22-21(12-18)27-23(34-22)11-9-20-16(2)32-17(3)26-20;1-4-5-8-6(2)10-7(3)9-8/h4-8,10,12H,9,11,13-14H2,1-3H3,(H,29,30);4-5H2,1-3H3. The van der Waals surface area contributed by atoms with Crippen molar-refractivity contribution in [1.82, 2.24) is 19.9 Å². The maximum atomic E-state index is 12.6. The van der Waals surface area contributed by atoms with Gasteiger partial charge in [0.25, 0.3) is 0 Å². The van der Waals surface area contributed by atoms with Crippen LogP contribution in [0.5, 0.6) is 5.75 Å². The fraction of sp³-hybridized carbons (Fsp3) is 0.364. The fourth-order valence-electron chi connectivity index (χ4n) is 4.64. The molecule has 11 heteroatoms. The Morgan fingerprint density at radius 1 is 0.818 bits per heavy atom. The highest BCUT2D eigenvalue weighted by atomic mass is 16.6. The Balaban J connectivity index is 0.000000375. The maximum Gasteiger partial charge on any atom is 0.416 e. The second-order valence-corrected chi connectivity index (χ2v) is 10.6. The molecule has 0 saturated heterocycles. The van der Waals surface area contributed by atoms with Gasteiger partial charge in [-0.2, -0.15) is 0 Å². The zero-order valence-electron chi connectivity index (χ0n) is 26.0. The SMILES string of the molecule is CCCc1nc(C)oc1C.Cc1ccc(OC(=O)N(CC(=O)O)Cc2ccc3oc(CCc4nc(C)oc4C)nc3c2)cc1. The molecule has 0 unspecified atom stereocenters. The molecule has 11 nitrogen and oxygen atoms in total. The van der Waals surface area contributed by atoms with E-state index in [1.165, 1.54) is 0 Å². The first kappa shape index (κ1) is 32.0. The van der Waals surface area contributed by atoms with Gasteiger partial charge in [-0.3, -0.25) is 9.69 Å². The van der Waals surface area contributed by atoms with E-state index >= 15 is 0 Å². The lowest BCUT2D eigenvalue weighted by Gasteiger charge is -2.20. The number of carboxylic acids is 1. The van der Waals surface area contributed by atoms with E-state index in [1.54, 1.807) is 30.3 Å². The minimum atomic E-state index is -1.14. The summed E-state index contributed by atoms with van der Waals surface area (Å²) in [4.78, 5) is 38.3. The molecule has 0 spiro atoms. The monoisotopic (exact) mass is 602 g/mol. The summed E-state index contributed by atoms with van der Waals surface area (Å²) < 4.78 is 21.9. The number of nitrogens with zero attached hydrogens (tertiary/aromatic N) is 4. The van der Waals surface area contributed by atoms with Crippen molar-refractivity contribution in [2.24, 2.45) is 0 Å². The van der Waals surface area contributed by atoms with Gasteiger partial charge in [-0.05, 0) is 57.0 Å². The highest BCUT2D eigenvalue weighted by Crippen LogP contribution is 2.21. The Labute approximate surface area is 255 Å². The Hall–Kier alpha value is -4.93. The molecule has 0 saturated carbocycles. The number of hydrogen-bond donors (Lipinski definition) is 1. The first-order chi connectivity index (χ1) is 21.0. The third-order valence-electron chi connectivity index (χ3n) is 6.74. The molecular weight excluding hydrogens is 564 g/mol. The number of carbonyl (C=O) groups excluding carboxylic acids is 1. The Kier molecular flexibility index (Phi) is 10.5. The molecule has 232 valence electrons. The summed E-state index contributed by atoms with van der Waals surface area (Å²) in [5, 5.41) is 9.27. The van der Waals surface area contributed by atoms with Crippen LogP contribution < -0.4 is 4.74 Å². The number of carbonyl (C=O) groups is 2. The van der Waals surface area contributed by atoms with Crippen LogP contribution in [0.15, 0.2) is 55.7 Å². The average Bonchev–Trinajstić information content (AvgIpc) is 3.63. The van der Waals surface area contributed by atoms with Gasteiger partial charge in [0.1, 0.15) is 29.3 Å². The minimum absolute atomic E-state index is 0.0482. The minimum Gasteiger partial charge on any atom is -0.480 e. The molecule has 0 aliphatic heterocycles. The van der Waals surface area contributed by atoms with Crippen molar-refractivity contribution < 1.29 is 32.7 Å². The van der Waals surface area contributed by atoms with Gasteiger partial charge in [0.15, 0.2) is 23.3 Å². The number of ether oxygens (including phenoxy) is 1. The van der Waals surface area contributed by atoms with E-state index in [9.17, 15) is 14.7 Å². The van der Waals surface area contributed by atoms with E-state index in [2.05, 4.69) is 21.9 Å². The number of carboxylic acid groups (broad SMARTS) is 1. The summed E-state index contributed by atoms with van der Waals surface area (Å²) in [6.07, 6.45) is 2.62. The van der Waals surface area contributed by atoms with Crippen molar-refractivity contribution in [3.63, 3.8) is 0 Å². The number of fused-ring (bicyclic) bond motifs is 1. The smallest absolute Gasteiger partial charge is 0.416 e. The summed E-state index contributed by atoms with van der Waals surface area (Å²) >= 11 is 0. The first-order valence-corrected chi connectivity index (χ1v) is 14.5. The molecule has 0 aliphatic rings. The van der Waals surface area contributed by atoms with Gasteiger partial charge in [0.05, 0.1) is 11.4 Å². The first-order valence-electron chi connectivity index (χ1n) is 14.5. The predicted molar refractivity (Wildman–Crippen MR) is 163 cm³/mol. The van der Waals surface area contributed by atoms with Crippen LogP contribution in [0.25, 0.3) is 11.1 Å². The highest BCUT2D eigenvalue weighted by Gasteiger charge is 2.20. The van der Waals surface area contributed by atoms with Gasteiger partial charge >= 0.3 is 12.1 Å². The average molecular weight is 603 g/mol. The number of amides is 1. The van der Waals surface area contributed by atoms with Gasteiger partial charge in [-0.1, -0.05) is 37.1 Å². The van der Waals surface area contributed by atoms with Crippen LogP contribution in [0.2, 0.25) is 0 Å². The van der Waals surface area contributed by atoms with Crippen molar-refractivity contribution in [3.8, 4) is 5.75 Å². The lowest BCUT2D eigenvalue weighted by Crippen LogP contribution is -2.37. The molecule has 5 aromatic rings. The Morgan fingerprint density at radius 3 is 2.02 bits per heavy atom. The van der Waals surface area contributed by atoms with Crippen LogP contribution in [0.4, 0.5) is 4.79 Å². The van der Waals surface area contributed by atoms with Crippen LogP contribution in [-0.2, 0) is 30.6 Å². The number of rotatable bonds is 10. The molecular formula is C33H38N4O7. The van der Waals surface area contributed by atoms with Crippen LogP contribution in [0.1, 0.15) is 65.1 Å². The second kappa shape index (κ2) is 14.5. The molecule has 0 radical (unpaired) electrons. The lowest BCUT2D eigenvalue weighted by molar-refractivity contribution is -0.138. The topological polar surface area (TPSA) is 145 Å². The predicted octanol–water partition coefficient (Wildman–Crippen LogP) is 6.86. The number of oxazole rings is 3. The van der Waals surface area contributed by atoms with Crippen LogP contribution in [0.3, 0.4) is 0 Å². The highest BCUT2D eigenvalue weighted by molar-refractivity contribution is 5.78. The van der Waals surface area contributed by atoms with Crippen molar-refractivity contribution >= 4 is 23.2 Å². The van der Waals surface area contributed by atoms with Crippen molar-refractivity contribution in [3.05, 3.63) is 94.2 Å². The molecule has 0 fully saturated rings. The normalized spacial score (nSPS) is 10.9. The van der Waals surface area contributed by atoms with Gasteiger partial charge in [-0.15, -0.1) is 0 Å². The molecule has 3 aromatic heterocycles. The van der Waals surface area contributed by atoms with Crippen LogP contribution >= 0.6 is 0 Å². The van der Waals surface area contributed by atoms with Gasteiger partial charge in [0, 0.05) is 33.2 Å². The van der Waals surface area contributed by atoms with Gasteiger partial charge < -0.3 is 23.1 Å². The van der Waals surface area contributed by atoms with E-state index in [0.717, 1.165) is 52.1 Å². The van der Waals surface area contributed by atoms with Gasteiger partial charge in [-0.25, -0.2) is 19.7 Å². The maximum absolute atomic E-state index is 12.6. The number of hydrogen-bond acceptors (Lipinski definition) is 9. The quantitative estimate of drug-likeness (QED) is 0.180. The molecule has 1 N–H and O–H groups in total. The third-order valence-corrected chi connectivity index (χ3v) is 6.74. The summed E-state index contributed by atoms with van der Waals surface area (Å²) in [5.41, 5.74) is 4.95. The molecule has 1 amide bonds. The molecule has 0 atom stereocenters. The molecule has 5 rings (SSSR count). The fourth-order valence-corrected chi connectivity index (χ4v) is 4.64. The summed E-state index contributed by atoms with van der Waals surface area (Å²) in [6.45, 7) is 11.1. The third kappa shape index (κ3) is 8.79. The van der Waals surface area contributed by atoms with Crippen LogP contribution in [-0.4, -0.2) is 43.6 Å². The number of aryl methyl sites for hydroxylation is 8. The Morgan fingerprint density at radius 2 is 1.45 bits per heavy atom. The largest absolute Gasteiger partial charge is 0.480 e. The van der Waals surface area contributed by atoms with Crippen molar-refractivity contribution in [1.29, 1.82) is 0 Å². The number of aromatic nitrogens is 3. The van der Waals surface area contributed by atoms with Crippen molar-refractivity contribution in [2.45, 2.75) is 73.8 Å². The van der Waals surface area contributed by atoms with Crippen molar-refractivity contribution in [2.75, 3.05) is 6.54 Å². The van der Waals surface area contributed by atoms with E-state index in [4.69, 9.17) is 18.0 Å². The van der Waals surface area contributed by atoms with E-state index in [0.29, 0.717) is 47.0 Å². The molecule has 3 heterocycles. The molecule has 0 aliphatic carbocycles. The number of benzene rings is 2. The second-order valence-electron chi connectivity index (χ2n) is 10.6. The van der Waals surface area contributed by atoms with E-state index < -0.39 is 18.6 Å². The van der Waals surface area contributed by atoms with E-state index in [-0.39, 0.29) is 6.54 Å². The molecule has 0 bridgehead atoms. The lowest BCUT2D eigenvalue weighted by atomic mass is 10.2. The Bertz CT molecular complexity index is 1720. The number of aliphatic carboxylic acids is 1.